The van der Waals surface area contributed by atoms with Crippen molar-refractivity contribution in [3.05, 3.63) is 29.3 Å². The van der Waals surface area contributed by atoms with Gasteiger partial charge in [0.2, 0.25) is 0 Å². The van der Waals surface area contributed by atoms with E-state index in [2.05, 4.69) is 37.4 Å². The van der Waals surface area contributed by atoms with Crippen LogP contribution in [-0.2, 0) is 4.74 Å². The van der Waals surface area contributed by atoms with Crippen LogP contribution in [0.1, 0.15) is 43.4 Å². The van der Waals surface area contributed by atoms with Gasteiger partial charge in [0.25, 0.3) is 0 Å². The van der Waals surface area contributed by atoms with E-state index in [0.29, 0.717) is 12.1 Å². The molecule has 1 aliphatic heterocycles. The molecule has 1 saturated heterocycles. The van der Waals surface area contributed by atoms with Gasteiger partial charge in [0, 0.05) is 18.2 Å². The molecule has 1 aromatic rings. The van der Waals surface area contributed by atoms with E-state index in [1.165, 1.54) is 24.0 Å². The van der Waals surface area contributed by atoms with E-state index in [-0.39, 0.29) is 0 Å². The van der Waals surface area contributed by atoms with Gasteiger partial charge in [0.1, 0.15) is 5.75 Å². The molecule has 1 aliphatic rings. The van der Waals surface area contributed by atoms with Gasteiger partial charge in [-0.25, -0.2) is 0 Å². The first-order valence-corrected chi connectivity index (χ1v) is 7.24. The van der Waals surface area contributed by atoms with Crippen LogP contribution in [0.25, 0.3) is 0 Å². The van der Waals surface area contributed by atoms with Gasteiger partial charge in [-0.2, -0.15) is 0 Å². The molecule has 1 heterocycles. The predicted molar refractivity (Wildman–Crippen MR) is 77.7 cm³/mol. The molecule has 2 atom stereocenters. The fourth-order valence-electron chi connectivity index (χ4n) is 2.79. The lowest BCUT2D eigenvalue weighted by atomic mass is 9.97. The Morgan fingerprint density at radius 2 is 2.32 bits per heavy atom. The van der Waals surface area contributed by atoms with E-state index in [1.807, 2.05) is 0 Å². The van der Waals surface area contributed by atoms with Gasteiger partial charge in [0.05, 0.1) is 13.2 Å². The zero-order valence-electron chi connectivity index (χ0n) is 12.2. The van der Waals surface area contributed by atoms with Crippen molar-refractivity contribution in [2.24, 2.45) is 0 Å². The van der Waals surface area contributed by atoms with Crippen LogP contribution in [0.2, 0.25) is 0 Å². The monoisotopic (exact) mass is 263 g/mol. The molecule has 3 nitrogen and oxygen atoms in total. The van der Waals surface area contributed by atoms with Crippen LogP contribution in [0.4, 0.5) is 0 Å². The standard InChI is InChI=1S/C16H25NO2/c1-4-17-15(11-13-6-5-9-19-13)14-10-12(2)7-8-16(14)18-3/h7-8,10,13,15,17H,4-6,9,11H2,1-3H3. The van der Waals surface area contributed by atoms with Crippen molar-refractivity contribution < 1.29 is 9.47 Å². The lowest BCUT2D eigenvalue weighted by Crippen LogP contribution is -2.25. The Kier molecular flexibility index (Phi) is 5.23. The summed E-state index contributed by atoms with van der Waals surface area (Å²) in [6, 6.07) is 6.69. The van der Waals surface area contributed by atoms with Crippen LogP contribution in [-0.4, -0.2) is 26.4 Å². The summed E-state index contributed by atoms with van der Waals surface area (Å²) in [6.45, 7) is 6.13. The summed E-state index contributed by atoms with van der Waals surface area (Å²) in [5.41, 5.74) is 2.52. The zero-order chi connectivity index (χ0) is 13.7. The molecule has 2 unspecified atom stereocenters. The highest BCUT2D eigenvalue weighted by atomic mass is 16.5. The molecule has 1 aromatic carbocycles. The smallest absolute Gasteiger partial charge is 0.123 e. The van der Waals surface area contributed by atoms with Crippen LogP contribution >= 0.6 is 0 Å². The van der Waals surface area contributed by atoms with E-state index in [0.717, 1.165) is 25.3 Å². The molecule has 0 aliphatic carbocycles. The number of benzene rings is 1. The third-order valence-electron chi connectivity index (χ3n) is 3.73. The summed E-state index contributed by atoms with van der Waals surface area (Å²) >= 11 is 0. The molecule has 0 aromatic heterocycles. The van der Waals surface area contributed by atoms with Crippen molar-refractivity contribution in [3.8, 4) is 5.75 Å². The first kappa shape index (κ1) is 14.4. The molecule has 0 spiro atoms. The Balaban J connectivity index is 2.18. The van der Waals surface area contributed by atoms with E-state index in [4.69, 9.17) is 9.47 Å². The molecule has 2 rings (SSSR count). The van der Waals surface area contributed by atoms with Crippen LogP contribution in [0.15, 0.2) is 18.2 Å². The van der Waals surface area contributed by atoms with Crippen molar-refractivity contribution in [1.82, 2.24) is 5.32 Å². The minimum atomic E-state index is 0.308. The van der Waals surface area contributed by atoms with Crippen molar-refractivity contribution in [2.45, 2.75) is 45.3 Å². The highest BCUT2D eigenvalue weighted by molar-refractivity contribution is 5.39. The minimum absolute atomic E-state index is 0.308. The van der Waals surface area contributed by atoms with Crippen LogP contribution in [0, 0.1) is 6.92 Å². The fourth-order valence-corrected chi connectivity index (χ4v) is 2.79. The second-order valence-corrected chi connectivity index (χ2v) is 5.23. The number of hydrogen-bond donors (Lipinski definition) is 1. The largest absolute Gasteiger partial charge is 0.496 e. The Bertz CT molecular complexity index is 400. The maximum absolute atomic E-state index is 5.77. The Morgan fingerprint density at radius 1 is 1.47 bits per heavy atom. The minimum Gasteiger partial charge on any atom is -0.496 e. The normalized spacial score (nSPS) is 20.5. The summed E-state index contributed by atoms with van der Waals surface area (Å²) in [5.74, 6) is 0.967. The van der Waals surface area contributed by atoms with Crippen molar-refractivity contribution in [1.29, 1.82) is 0 Å². The molecule has 106 valence electrons. The molecule has 0 bridgehead atoms. The maximum atomic E-state index is 5.77. The topological polar surface area (TPSA) is 30.5 Å². The summed E-state index contributed by atoms with van der Waals surface area (Å²) < 4.78 is 11.3. The number of methoxy groups -OCH3 is 1. The lowest BCUT2D eigenvalue weighted by Gasteiger charge is -2.23. The van der Waals surface area contributed by atoms with Crippen molar-refractivity contribution in [3.63, 3.8) is 0 Å². The van der Waals surface area contributed by atoms with Crippen molar-refractivity contribution in [2.75, 3.05) is 20.3 Å². The van der Waals surface area contributed by atoms with Gasteiger partial charge < -0.3 is 14.8 Å². The number of rotatable bonds is 6. The average Bonchev–Trinajstić information content (AvgIpc) is 2.91. The SMILES string of the molecule is CCNC(CC1CCCO1)c1cc(C)ccc1OC. The Labute approximate surface area is 116 Å². The van der Waals surface area contributed by atoms with Gasteiger partial charge in [-0.3, -0.25) is 0 Å². The molecule has 0 saturated carbocycles. The number of ether oxygens (including phenoxy) is 2. The number of nitrogens with one attached hydrogen (secondary N) is 1. The first-order chi connectivity index (χ1) is 9.24. The van der Waals surface area contributed by atoms with E-state index >= 15 is 0 Å². The van der Waals surface area contributed by atoms with Gasteiger partial charge in [-0.05, 0) is 38.8 Å². The van der Waals surface area contributed by atoms with E-state index < -0.39 is 0 Å². The second kappa shape index (κ2) is 6.92. The Hall–Kier alpha value is -1.06. The van der Waals surface area contributed by atoms with Gasteiger partial charge in [-0.1, -0.05) is 24.6 Å². The van der Waals surface area contributed by atoms with E-state index in [1.54, 1.807) is 7.11 Å². The second-order valence-electron chi connectivity index (χ2n) is 5.23. The van der Waals surface area contributed by atoms with Crippen LogP contribution in [0.5, 0.6) is 5.75 Å². The molecule has 19 heavy (non-hydrogen) atoms. The lowest BCUT2D eigenvalue weighted by molar-refractivity contribution is 0.0945. The van der Waals surface area contributed by atoms with Gasteiger partial charge in [0.15, 0.2) is 0 Å². The third-order valence-corrected chi connectivity index (χ3v) is 3.73. The van der Waals surface area contributed by atoms with E-state index in [9.17, 15) is 0 Å². The summed E-state index contributed by atoms with van der Waals surface area (Å²) in [6.07, 6.45) is 3.77. The summed E-state index contributed by atoms with van der Waals surface area (Å²) in [7, 11) is 1.74. The van der Waals surface area contributed by atoms with Crippen LogP contribution in [0.3, 0.4) is 0 Å². The zero-order valence-corrected chi connectivity index (χ0v) is 12.2. The van der Waals surface area contributed by atoms with Crippen molar-refractivity contribution >= 4 is 0 Å². The summed E-state index contributed by atoms with van der Waals surface area (Å²) in [4.78, 5) is 0. The fraction of sp³-hybridized carbons (Fsp3) is 0.625. The highest BCUT2D eigenvalue weighted by Gasteiger charge is 2.23. The molecular formula is C16H25NO2. The molecule has 1 N–H and O–H groups in total. The Morgan fingerprint density at radius 3 is 2.95 bits per heavy atom. The quantitative estimate of drug-likeness (QED) is 0.855. The maximum Gasteiger partial charge on any atom is 0.123 e. The predicted octanol–water partition coefficient (Wildman–Crippen LogP) is 3.22. The van der Waals surface area contributed by atoms with Gasteiger partial charge >= 0.3 is 0 Å². The number of hydrogen-bond acceptors (Lipinski definition) is 3. The average molecular weight is 263 g/mol. The third kappa shape index (κ3) is 3.71. The molecule has 1 fully saturated rings. The molecule has 3 heteroatoms. The molecule has 0 amide bonds. The van der Waals surface area contributed by atoms with Gasteiger partial charge in [-0.15, -0.1) is 0 Å². The first-order valence-electron chi connectivity index (χ1n) is 7.24. The van der Waals surface area contributed by atoms with Crippen LogP contribution < -0.4 is 10.1 Å². The number of aryl methyl sites for hydroxylation is 1. The molecule has 0 radical (unpaired) electrons. The summed E-state index contributed by atoms with van der Waals surface area (Å²) in [5, 5.41) is 3.57. The molecular weight excluding hydrogens is 238 g/mol. The highest BCUT2D eigenvalue weighted by Crippen LogP contribution is 2.31.